The Balaban J connectivity index is 3.02. The van der Waals surface area contributed by atoms with Crippen molar-refractivity contribution in [3.05, 3.63) is 29.6 Å². The van der Waals surface area contributed by atoms with E-state index in [1.165, 1.54) is 18.5 Å². The molecule has 0 saturated heterocycles. The van der Waals surface area contributed by atoms with E-state index in [0.717, 1.165) is 6.20 Å². The number of nitriles is 1. The number of carbonyl (C=O) groups is 1. The van der Waals surface area contributed by atoms with Gasteiger partial charge in [-0.05, 0) is 6.92 Å². The van der Waals surface area contributed by atoms with Gasteiger partial charge in [-0.2, -0.15) is 5.26 Å². The minimum atomic E-state index is 0.235. The Kier molecular flexibility index (Phi) is 5.06. The highest BCUT2D eigenvalue weighted by molar-refractivity contribution is 6.02. The van der Waals surface area contributed by atoms with Crippen molar-refractivity contribution in [2.75, 3.05) is 6.61 Å². The minimum absolute atomic E-state index is 0.235. The van der Waals surface area contributed by atoms with E-state index in [9.17, 15) is 4.79 Å². The SMILES string of the molecule is CCOc1cc(N=CC(C=O)=CN)ncc1C#N. The Morgan fingerprint density at radius 1 is 1.72 bits per heavy atom. The molecule has 18 heavy (non-hydrogen) atoms. The normalized spacial score (nSPS) is 11.2. The van der Waals surface area contributed by atoms with Crippen LogP contribution in [-0.4, -0.2) is 24.1 Å². The van der Waals surface area contributed by atoms with Gasteiger partial charge in [0.05, 0.1) is 12.8 Å². The first-order valence-corrected chi connectivity index (χ1v) is 5.19. The van der Waals surface area contributed by atoms with Gasteiger partial charge in [0.1, 0.15) is 17.4 Å². The van der Waals surface area contributed by atoms with E-state index in [-0.39, 0.29) is 5.57 Å². The van der Waals surface area contributed by atoms with Crippen molar-refractivity contribution < 1.29 is 9.53 Å². The number of pyridine rings is 1. The smallest absolute Gasteiger partial charge is 0.155 e. The lowest BCUT2D eigenvalue weighted by Gasteiger charge is -2.04. The molecule has 0 unspecified atom stereocenters. The van der Waals surface area contributed by atoms with Crippen LogP contribution in [0.3, 0.4) is 0 Å². The number of aliphatic imine (C=N–C) groups is 1. The quantitative estimate of drug-likeness (QED) is 0.474. The molecule has 0 aromatic carbocycles. The molecule has 0 bridgehead atoms. The van der Waals surface area contributed by atoms with Gasteiger partial charge in [0.25, 0.3) is 0 Å². The number of hydrogen-bond donors (Lipinski definition) is 1. The molecule has 0 spiro atoms. The lowest BCUT2D eigenvalue weighted by molar-refractivity contribution is -0.104. The number of nitrogens with zero attached hydrogens (tertiary/aromatic N) is 3. The van der Waals surface area contributed by atoms with Crippen LogP contribution in [-0.2, 0) is 4.79 Å². The summed E-state index contributed by atoms with van der Waals surface area (Å²) in [5.41, 5.74) is 5.77. The van der Waals surface area contributed by atoms with Crippen molar-refractivity contribution in [3.63, 3.8) is 0 Å². The van der Waals surface area contributed by atoms with Gasteiger partial charge in [-0.25, -0.2) is 9.98 Å². The van der Waals surface area contributed by atoms with Crippen molar-refractivity contribution in [2.45, 2.75) is 6.92 Å². The standard InChI is InChI=1S/C12H12N4O2/c1-2-18-11-3-12(16-7-10(11)5-14)15-6-9(4-13)8-17/h3-4,6-8H,2,13H2,1H3. The fourth-order valence-corrected chi connectivity index (χ4v) is 1.11. The Morgan fingerprint density at radius 3 is 3.06 bits per heavy atom. The zero-order chi connectivity index (χ0) is 13.4. The maximum atomic E-state index is 10.5. The van der Waals surface area contributed by atoms with E-state index in [1.807, 2.05) is 13.0 Å². The number of allylic oxidation sites excluding steroid dienone is 1. The van der Waals surface area contributed by atoms with E-state index in [1.54, 1.807) is 0 Å². The molecule has 2 N–H and O–H groups in total. The van der Waals surface area contributed by atoms with Gasteiger partial charge >= 0.3 is 0 Å². The van der Waals surface area contributed by atoms with Crippen LogP contribution < -0.4 is 10.5 Å². The van der Waals surface area contributed by atoms with Crippen LogP contribution in [0, 0.1) is 11.3 Å². The average molecular weight is 244 g/mol. The summed E-state index contributed by atoms with van der Waals surface area (Å²) in [6, 6.07) is 3.49. The molecule has 1 rings (SSSR count). The molecule has 0 atom stereocenters. The van der Waals surface area contributed by atoms with Gasteiger partial charge in [-0.15, -0.1) is 0 Å². The van der Waals surface area contributed by atoms with Crippen LogP contribution in [0.5, 0.6) is 5.75 Å². The summed E-state index contributed by atoms with van der Waals surface area (Å²) < 4.78 is 5.28. The molecular formula is C12H12N4O2. The number of ether oxygens (including phenoxy) is 1. The topological polar surface area (TPSA) is 101 Å². The maximum Gasteiger partial charge on any atom is 0.155 e. The van der Waals surface area contributed by atoms with Crippen LogP contribution >= 0.6 is 0 Å². The summed E-state index contributed by atoms with van der Waals surface area (Å²) in [5.74, 6) is 0.741. The molecule has 0 amide bonds. The Hall–Kier alpha value is -2.68. The van der Waals surface area contributed by atoms with Crippen LogP contribution in [0.1, 0.15) is 12.5 Å². The van der Waals surface area contributed by atoms with Crippen molar-refractivity contribution in [2.24, 2.45) is 10.7 Å². The summed E-state index contributed by atoms with van der Waals surface area (Å²) in [6.45, 7) is 2.25. The lowest BCUT2D eigenvalue weighted by atomic mass is 10.3. The van der Waals surface area contributed by atoms with Crippen molar-refractivity contribution in [3.8, 4) is 11.8 Å². The molecule has 1 heterocycles. The number of carbonyl (C=O) groups excluding carboxylic acids is 1. The predicted octanol–water partition coefficient (Wildman–Crippen LogP) is 1.10. The van der Waals surface area contributed by atoms with Crippen molar-refractivity contribution in [1.82, 2.24) is 4.98 Å². The van der Waals surface area contributed by atoms with Crippen molar-refractivity contribution in [1.29, 1.82) is 5.26 Å². The van der Waals surface area contributed by atoms with Gasteiger partial charge < -0.3 is 10.5 Å². The molecule has 0 aliphatic carbocycles. The largest absolute Gasteiger partial charge is 0.492 e. The second kappa shape index (κ2) is 6.81. The number of rotatable bonds is 5. The van der Waals surface area contributed by atoms with E-state index in [0.29, 0.717) is 30.0 Å². The summed E-state index contributed by atoms with van der Waals surface area (Å²) in [5, 5.41) is 8.85. The third-order valence-corrected chi connectivity index (χ3v) is 1.95. The first-order chi connectivity index (χ1) is 8.74. The first-order valence-electron chi connectivity index (χ1n) is 5.19. The van der Waals surface area contributed by atoms with Gasteiger partial charge in [0, 0.05) is 24.1 Å². The van der Waals surface area contributed by atoms with E-state index < -0.39 is 0 Å². The fraction of sp³-hybridized carbons (Fsp3) is 0.167. The monoisotopic (exact) mass is 244 g/mol. The molecule has 6 nitrogen and oxygen atoms in total. The Morgan fingerprint density at radius 2 is 2.50 bits per heavy atom. The molecule has 1 aromatic heterocycles. The minimum Gasteiger partial charge on any atom is -0.492 e. The molecule has 92 valence electrons. The second-order valence-corrected chi connectivity index (χ2v) is 3.13. The van der Waals surface area contributed by atoms with Crippen LogP contribution in [0.4, 0.5) is 5.82 Å². The molecule has 0 fully saturated rings. The van der Waals surface area contributed by atoms with E-state index in [4.69, 9.17) is 15.7 Å². The molecule has 1 aromatic rings. The number of nitrogens with two attached hydrogens (primary N) is 1. The van der Waals surface area contributed by atoms with Gasteiger partial charge in [0.15, 0.2) is 12.1 Å². The zero-order valence-electron chi connectivity index (χ0n) is 9.83. The number of aldehydes is 1. The average Bonchev–Trinajstić information content (AvgIpc) is 2.40. The number of aromatic nitrogens is 1. The fourth-order valence-electron chi connectivity index (χ4n) is 1.11. The van der Waals surface area contributed by atoms with Gasteiger partial charge in [-0.3, -0.25) is 4.79 Å². The summed E-state index contributed by atoms with van der Waals surface area (Å²) in [7, 11) is 0. The molecular weight excluding hydrogens is 232 g/mol. The summed E-state index contributed by atoms with van der Waals surface area (Å²) in [6.07, 6.45) is 4.38. The van der Waals surface area contributed by atoms with Crippen LogP contribution in [0.2, 0.25) is 0 Å². The first kappa shape index (κ1) is 13.4. The molecule has 0 aliphatic rings. The second-order valence-electron chi connectivity index (χ2n) is 3.13. The molecule has 0 saturated carbocycles. The number of hydrogen-bond acceptors (Lipinski definition) is 6. The summed E-state index contributed by atoms with van der Waals surface area (Å²) >= 11 is 0. The zero-order valence-corrected chi connectivity index (χ0v) is 9.83. The lowest BCUT2D eigenvalue weighted by Crippen LogP contribution is -1.95. The highest BCUT2D eigenvalue weighted by Crippen LogP contribution is 2.21. The Labute approximate surface area is 104 Å². The van der Waals surface area contributed by atoms with Gasteiger partial charge in [-0.1, -0.05) is 0 Å². The molecule has 0 radical (unpaired) electrons. The Bertz CT molecular complexity index is 529. The van der Waals surface area contributed by atoms with Crippen LogP contribution in [0.15, 0.2) is 29.0 Å². The van der Waals surface area contributed by atoms with Crippen molar-refractivity contribution >= 4 is 18.3 Å². The molecule has 0 aliphatic heterocycles. The third-order valence-electron chi connectivity index (χ3n) is 1.95. The maximum absolute atomic E-state index is 10.5. The van der Waals surface area contributed by atoms with Gasteiger partial charge in [0.2, 0.25) is 0 Å². The highest BCUT2D eigenvalue weighted by atomic mass is 16.5. The van der Waals surface area contributed by atoms with E-state index >= 15 is 0 Å². The highest BCUT2D eigenvalue weighted by Gasteiger charge is 2.04. The molecule has 6 heteroatoms. The van der Waals surface area contributed by atoms with Crippen LogP contribution in [0.25, 0.3) is 0 Å². The third kappa shape index (κ3) is 3.42. The van der Waals surface area contributed by atoms with E-state index in [2.05, 4.69) is 9.98 Å². The summed E-state index contributed by atoms with van der Waals surface area (Å²) in [4.78, 5) is 18.4. The predicted molar refractivity (Wildman–Crippen MR) is 66.6 cm³/mol.